The number of carbonyl (C=O) groups is 2. The third kappa shape index (κ3) is 4.58. The van der Waals surface area contributed by atoms with E-state index < -0.39 is 12.1 Å². The maximum Gasteiger partial charge on any atom is 0.335 e. The van der Waals surface area contributed by atoms with E-state index in [1.165, 1.54) is 18.1 Å². The molecule has 1 saturated heterocycles. The smallest absolute Gasteiger partial charge is 0.335 e. The van der Waals surface area contributed by atoms with Gasteiger partial charge in [0.25, 0.3) is 0 Å². The average Bonchev–Trinajstić information content (AvgIpc) is 2.98. The maximum absolute atomic E-state index is 11.8. The lowest BCUT2D eigenvalue weighted by Gasteiger charge is -2.45. The Morgan fingerprint density at radius 3 is 2.86 bits per heavy atom. The molecule has 4 atom stereocenters. The molecule has 0 amide bonds. The lowest BCUT2D eigenvalue weighted by molar-refractivity contribution is -0.171. The second-order valence-electron chi connectivity index (χ2n) is 9.94. The van der Waals surface area contributed by atoms with Crippen LogP contribution in [0, 0.1) is 5.92 Å². The van der Waals surface area contributed by atoms with Crippen LogP contribution in [0.1, 0.15) is 41.3 Å². The number of esters is 1. The first-order valence-electron chi connectivity index (χ1n) is 12.2. The Morgan fingerprint density at radius 2 is 2.17 bits per heavy atom. The number of anilines is 1. The van der Waals surface area contributed by atoms with Crippen molar-refractivity contribution in [3.63, 3.8) is 0 Å². The van der Waals surface area contributed by atoms with Crippen LogP contribution in [0.5, 0.6) is 5.75 Å². The van der Waals surface area contributed by atoms with Crippen molar-refractivity contribution in [3.8, 4) is 5.75 Å². The third-order valence-electron chi connectivity index (χ3n) is 7.62. The van der Waals surface area contributed by atoms with E-state index in [0.29, 0.717) is 32.1 Å². The van der Waals surface area contributed by atoms with Gasteiger partial charge in [-0.3, -0.25) is 4.79 Å². The van der Waals surface area contributed by atoms with Gasteiger partial charge in [0.15, 0.2) is 0 Å². The fourth-order valence-corrected chi connectivity index (χ4v) is 6.00. The van der Waals surface area contributed by atoms with Crippen LogP contribution >= 0.6 is 11.6 Å². The molecule has 36 heavy (non-hydrogen) atoms. The molecule has 2 aromatic carbocycles. The molecule has 3 aliphatic rings. The molecule has 2 heterocycles. The van der Waals surface area contributed by atoms with Crippen molar-refractivity contribution in [2.75, 3.05) is 31.2 Å². The summed E-state index contributed by atoms with van der Waals surface area (Å²) in [6, 6.07) is 11.1. The van der Waals surface area contributed by atoms with Gasteiger partial charge in [0.2, 0.25) is 0 Å². The lowest BCUT2D eigenvalue weighted by Crippen LogP contribution is -2.55. The Kier molecular flexibility index (Phi) is 6.70. The summed E-state index contributed by atoms with van der Waals surface area (Å²) in [6.07, 6.45) is 3.90. The van der Waals surface area contributed by atoms with E-state index in [1.54, 1.807) is 24.3 Å². The van der Waals surface area contributed by atoms with Gasteiger partial charge in [0.1, 0.15) is 11.9 Å². The van der Waals surface area contributed by atoms with Crippen LogP contribution in [0.25, 0.3) is 0 Å². The third-order valence-corrected chi connectivity index (χ3v) is 7.86. The number of rotatable bonds is 6. The number of carboxylic acids is 1. The summed E-state index contributed by atoms with van der Waals surface area (Å²) in [7, 11) is 0. The molecular weight excluding hydrogens is 482 g/mol. The number of benzene rings is 2. The molecule has 8 heteroatoms. The number of carbonyl (C=O) groups excluding carboxylic acids is 1. The summed E-state index contributed by atoms with van der Waals surface area (Å²) in [5.41, 5.74) is 3.10. The molecule has 2 aliphatic heterocycles. The molecule has 1 unspecified atom stereocenters. The molecule has 2 aromatic rings. The second-order valence-corrected chi connectivity index (χ2v) is 10.4. The predicted molar refractivity (Wildman–Crippen MR) is 136 cm³/mol. The lowest BCUT2D eigenvalue weighted by atomic mass is 9.70. The minimum Gasteiger partial charge on any atom is -0.490 e. The van der Waals surface area contributed by atoms with E-state index in [4.69, 9.17) is 25.8 Å². The highest BCUT2D eigenvalue weighted by Gasteiger charge is 2.45. The zero-order chi connectivity index (χ0) is 25.4. The van der Waals surface area contributed by atoms with E-state index in [2.05, 4.69) is 17.5 Å². The minimum atomic E-state index is -0.992. The molecule has 190 valence electrons. The van der Waals surface area contributed by atoms with Crippen LogP contribution in [-0.2, 0) is 26.1 Å². The predicted octanol–water partition coefficient (Wildman–Crippen LogP) is 4.64. The first-order chi connectivity index (χ1) is 17.3. The minimum absolute atomic E-state index is 0.0323. The number of ether oxygens (including phenoxy) is 3. The van der Waals surface area contributed by atoms with Gasteiger partial charge in [-0.25, -0.2) is 4.79 Å². The average molecular weight is 512 g/mol. The van der Waals surface area contributed by atoms with E-state index in [-0.39, 0.29) is 29.0 Å². The van der Waals surface area contributed by atoms with Gasteiger partial charge in [-0.2, -0.15) is 0 Å². The van der Waals surface area contributed by atoms with Crippen LogP contribution < -0.4 is 9.64 Å². The molecule has 0 radical (unpaired) electrons. The van der Waals surface area contributed by atoms with Crippen molar-refractivity contribution in [2.24, 2.45) is 5.92 Å². The number of hydrogen-bond acceptors (Lipinski definition) is 6. The molecule has 1 aliphatic carbocycles. The molecule has 0 bridgehead atoms. The maximum atomic E-state index is 11.8. The second kappa shape index (κ2) is 9.79. The summed E-state index contributed by atoms with van der Waals surface area (Å²) >= 11 is 6.32. The van der Waals surface area contributed by atoms with Gasteiger partial charge in [-0.1, -0.05) is 30.3 Å². The van der Waals surface area contributed by atoms with Crippen LogP contribution in [0.3, 0.4) is 0 Å². The molecule has 1 spiro atoms. The fraction of sp³-hybridized carbons (Fsp3) is 0.429. The Hall–Kier alpha value is -3.03. The summed E-state index contributed by atoms with van der Waals surface area (Å²) in [5.74, 6) is -0.737. The quantitative estimate of drug-likeness (QED) is 0.446. The van der Waals surface area contributed by atoms with E-state index >= 15 is 0 Å². The van der Waals surface area contributed by atoms with Gasteiger partial charge in [-0.15, -0.1) is 0 Å². The summed E-state index contributed by atoms with van der Waals surface area (Å²) < 4.78 is 17.8. The van der Waals surface area contributed by atoms with Crippen molar-refractivity contribution >= 4 is 29.2 Å². The largest absolute Gasteiger partial charge is 0.490 e. The highest BCUT2D eigenvalue weighted by Crippen LogP contribution is 2.45. The zero-order valence-corrected chi connectivity index (χ0v) is 21.0. The van der Waals surface area contributed by atoms with Crippen molar-refractivity contribution in [1.29, 1.82) is 0 Å². The van der Waals surface area contributed by atoms with Crippen LogP contribution in [0.4, 0.5) is 5.69 Å². The van der Waals surface area contributed by atoms with E-state index in [1.807, 2.05) is 12.1 Å². The molecular formula is C28H30ClNO6. The van der Waals surface area contributed by atoms with Gasteiger partial charge in [0.05, 0.1) is 36.5 Å². The van der Waals surface area contributed by atoms with Gasteiger partial charge < -0.3 is 24.2 Å². The van der Waals surface area contributed by atoms with Crippen molar-refractivity contribution < 1.29 is 28.9 Å². The van der Waals surface area contributed by atoms with Crippen LogP contribution in [0.15, 0.2) is 49.1 Å². The summed E-state index contributed by atoms with van der Waals surface area (Å²) in [6.45, 7) is 7.31. The normalized spacial score (nSPS) is 25.4. The van der Waals surface area contributed by atoms with Gasteiger partial charge in [0, 0.05) is 30.5 Å². The molecule has 7 nitrogen and oxygen atoms in total. The molecule has 1 fully saturated rings. The number of aryl methyl sites for hydroxylation is 1. The number of fused-ring (bicyclic) bond motifs is 3. The monoisotopic (exact) mass is 511 g/mol. The molecule has 5 rings (SSSR count). The van der Waals surface area contributed by atoms with E-state index in [0.717, 1.165) is 30.0 Å². The first-order valence-corrected chi connectivity index (χ1v) is 12.6. The Labute approximate surface area is 215 Å². The number of aromatic carboxylic acids is 1. The fourth-order valence-electron chi connectivity index (χ4n) is 5.80. The summed E-state index contributed by atoms with van der Waals surface area (Å²) in [4.78, 5) is 25.6. The number of hydrogen-bond donors (Lipinski definition) is 1. The van der Waals surface area contributed by atoms with Crippen LogP contribution in [0.2, 0.25) is 5.02 Å². The number of halogens is 1. The molecule has 0 saturated carbocycles. The Morgan fingerprint density at radius 1 is 1.33 bits per heavy atom. The van der Waals surface area contributed by atoms with Gasteiger partial charge in [-0.05, 0) is 60.7 Å². The highest BCUT2D eigenvalue weighted by atomic mass is 35.5. The SMILES string of the molecule is C=CC(OC(C)=O)[C@@H]1CO[C@H]1CN1C[C@@]2(CCCc3cc(Cl)ccc32)COc2ccc(C(=O)O)cc21. The Bertz CT molecular complexity index is 1200. The first kappa shape index (κ1) is 24.7. The molecule has 0 aromatic heterocycles. The highest BCUT2D eigenvalue weighted by molar-refractivity contribution is 6.30. The van der Waals surface area contributed by atoms with Crippen molar-refractivity contribution in [2.45, 2.75) is 43.8 Å². The topological polar surface area (TPSA) is 85.3 Å². The molecule has 1 N–H and O–H groups in total. The van der Waals surface area contributed by atoms with Crippen molar-refractivity contribution in [1.82, 2.24) is 0 Å². The van der Waals surface area contributed by atoms with Crippen LogP contribution in [-0.4, -0.2) is 55.6 Å². The summed E-state index contributed by atoms with van der Waals surface area (Å²) in [5, 5.41) is 10.4. The number of nitrogens with zero attached hydrogens (tertiary/aromatic N) is 1. The number of carboxylic acid groups (broad SMARTS) is 1. The zero-order valence-electron chi connectivity index (χ0n) is 20.2. The van der Waals surface area contributed by atoms with Crippen molar-refractivity contribution in [3.05, 3.63) is 70.8 Å². The standard InChI is InChI=1S/C28H30ClNO6/c1-3-24(36-17(2)31)21-14-34-26(21)13-30-15-28(10-4-5-18-11-20(29)7-8-22(18)28)16-35-25-9-6-19(27(32)33)12-23(25)30/h3,6-9,11-12,21,24,26H,1,4-5,10,13-16H2,2H3,(H,32,33)/t21-,24?,26-,28-/m0/s1. The Balaban J connectivity index is 1.51. The van der Waals surface area contributed by atoms with Gasteiger partial charge >= 0.3 is 11.9 Å². The van der Waals surface area contributed by atoms with E-state index in [9.17, 15) is 14.7 Å².